The maximum absolute atomic E-state index is 11.9. The third-order valence-corrected chi connectivity index (χ3v) is 3.19. The molecule has 110 valence electrons. The number of aromatic hydroxyl groups is 2. The summed E-state index contributed by atoms with van der Waals surface area (Å²) in [5, 5.41) is 30.3. The van der Waals surface area contributed by atoms with Crippen molar-refractivity contribution >= 4 is 12.0 Å². The number of rotatable bonds is 4. The number of phenols is 2. The molecule has 1 aromatic rings. The van der Waals surface area contributed by atoms with Gasteiger partial charge in [-0.2, -0.15) is 5.26 Å². The largest absolute Gasteiger partial charge is 0.504 e. The van der Waals surface area contributed by atoms with E-state index in [0.29, 0.717) is 18.7 Å². The van der Waals surface area contributed by atoms with Crippen molar-refractivity contribution < 1.29 is 19.7 Å². The molecule has 0 aliphatic carbocycles. The van der Waals surface area contributed by atoms with Crippen LogP contribution in [0.4, 0.5) is 0 Å². The van der Waals surface area contributed by atoms with E-state index in [9.17, 15) is 15.0 Å². The molecule has 1 heterocycles. The Hall–Kier alpha value is -2.52. The Kier molecular flexibility index (Phi) is 4.80. The van der Waals surface area contributed by atoms with Crippen molar-refractivity contribution in [3.63, 3.8) is 0 Å². The summed E-state index contributed by atoms with van der Waals surface area (Å²) in [5.74, 6) is -1.05. The van der Waals surface area contributed by atoms with Gasteiger partial charge >= 0.3 is 0 Å². The average Bonchev–Trinajstić information content (AvgIpc) is 2.99. The van der Waals surface area contributed by atoms with Crippen molar-refractivity contribution in [2.24, 2.45) is 0 Å². The normalized spacial score (nSPS) is 18.2. The molecule has 0 saturated carbocycles. The Labute approximate surface area is 122 Å². The van der Waals surface area contributed by atoms with Crippen LogP contribution in [0.25, 0.3) is 6.08 Å². The zero-order chi connectivity index (χ0) is 15.2. The molecule has 0 bridgehead atoms. The van der Waals surface area contributed by atoms with E-state index < -0.39 is 5.91 Å². The monoisotopic (exact) mass is 288 g/mol. The van der Waals surface area contributed by atoms with Gasteiger partial charge < -0.3 is 20.3 Å². The number of nitrogens with one attached hydrogen (secondary N) is 1. The van der Waals surface area contributed by atoms with Crippen molar-refractivity contribution in [1.82, 2.24) is 5.32 Å². The second-order valence-electron chi connectivity index (χ2n) is 4.76. The minimum Gasteiger partial charge on any atom is -0.504 e. The molecule has 6 heteroatoms. The molecular formula is C15H16N2O4. The van der Waals surface area contributed by atoms with E-state index in [-0.39, 0.29) is 23.2 Å². The summed E-state index contributed by atoms with van der Waals surface area (Å²) in [7, 11) is 0. The van der Waals surface area contributed by atoms with E-state index in [1.165, 1.54) is 24.3 Å². The van der Waals surface area contributed by atoms with Gasteiger partial charge in [0.25, 0.3) is 5.91 Å². The van der Waals surface area contributed by atoms with Crippen LogP contribution in [0.15, 0.2) is 23.8 Å². The molecule has 1 unspecified atom stereocenters. The molecule has 2 rings (SSSR count). The molecule has 0 spiro atoms. The molecule has 1 saturated heterocycles. The first kappa shape index (κ1) is 14.9. The predicted octanol–water partition coefficient (Wildman–Crippen LogP) is 1.30. The van der Waals surface area contributed by atoms with E-state index in [0.717, 1.165) is 12.8 Å². The zero-order valence-electron chi connectivity index (χ0n) is 11.4. The van der Waals surface area contributed by atoms with Crippen LogP contribution in [0, 0.1) is 11.3 Å². The number of phenolic OH excluding ortho intramolecular Hbond substituents is 2. The Morgan fingerprint density at radius 2 is 2.29 bits per heavy atom. The third-order valence-electron chi connectivity index (χ3n) is 3.19. The molecule has 0 aromatic heterocycles. The van der Waals surface area contributed by atoms with Gasteiger partial charge in [0.05, 0.1) is 6.10 Å². The van der Waals surface area contributed by atoms with Crippen LogP contribution in [0.5, 0.6) is 11.5 Å². The van der Waals surface area contributed by atoms with Gasteiger partial charge in [-0.15, -0.1) is 0 Å². The first-order valence-corrected chi connectivity index (χ1v) is 6.63. The molecule has 0 radical (unpaired) electrons. The number of carbonyl (C=O) groups excluding carboxylic acids is 1. The van der Waals surface area contributed by atoms with Gasteiger partial charge in [0.1, 0.15) is 11.6 Å². The molecule has 3 N–H and O–H groups in total. The maximum atomic E-state index is 11.9. The Bertz CT molecular complexity index is 598. The van der Waals surface area contributed by atoms with Crippen LogP contribution in [0.3, 0.4) is 0 Å². The van der Waals surface area contributed by atoms with E-state index in [1.54, 1.807) is 0 Å². The average molecular weight is 288 g/mol. The lowest BCUT2D eigenvalue weighted by molar-refractivity contribution is -0.117. The summed E-state index contributed by atoms with van der Waals surface area (Å²) in [5.41, 5.74) is 0.382. The number of nitrogens with zero attached hydrogens (tertiary/aromatic N) is 1. The molecule has 1 atom stereocenters. The maximum Gasteiger partial charge on any atom is 0.262 e. The molecule has 1 fully saturated rings. The van der Waals surface area contributed by atoms with Gasteiger partial charge in [-0.25, -0.2) is 0 Å². The van der Waals surface area contributed by atoms with Crippen molar-refractivity contribution in [2.45, 2.75) is 18.9 Å². The van der Waals surface area contributed by atoms with Crippen LogP contribution in [-0.2, 0) is 9.53 Å². The summed E-state index contributed by atoms with van der Waals surface area (Å²) in [6.45, 7) is 1.08. The molecule has 1 aliphatic heterocycles. The van der Waals surface area contributed by atoms with Crippen LogP contribution < -0.4 is 5.32 Å². The van der Waals surface area contributed by atoms with E-state index in [2.05, 4.69) is 5.32 Å². The van der Waals surface area contributed by atoms with Crippen molar-refractivity contribution in [2.75, 3.05) is 13.2 Å². The van der Waals surface area contributed by atoms with Crippen molar-refractivity contribution in [3.8, 4) is 17.6 Å². The van der Waals surface area contributed by atoms with Gasteiger partial charge in [-0.05, 0) is 36.6 Å². The zero-order valence-corrected chi connectivity index (χ0v) is 11.4. The standard InChI is InChI=1S/C15H16N2O4/c16-8-11(6-10-3-4-13(18)14(19)7-10)15(20)17-9-12-2-1-5-21-12/h3-4,6-7,12,18-19H,1-2,5,9H2,(H,17,20)/b11-6+. The summed E-state index contributed by atoms with van der Waals surface area (Å²) >= 11 is 0. The third kappa shape index (κ3) is 3.97. The highest BCUT2D eigenvalue weighted by Crippen LogP contribution is 2.25. The number of nitriles is 1. The molecule has 21 heavy (non-hydrogen) atoms. The molecule has 1 aliphatic rings. The van der Waals surface area contributed by atoms with Crippen LogP contribution in [0.2, 0.25) is 0 Å². The summed E-state index contributed by atoms with van der Waals surface area (Å²) in [6.07, 6.45) is 3.24. The Balaban J connectivity index is 2.03. The lowest BCUT2D eigenvalue weighted by Gasteiger charge is -2.10. The molecular weight excluding hydrogens is 272 g/mol. The Morgan fingerprint density at radius 1 is 1.48 bits per heavy atom. The fourth-order valence-electron chi connectivity index (χ4n) is 2.05. The number of hydrogen-bond donors (Lipinski definition) is 3. The second-order valence-corrected chi connectivity index (χ2v) is 4.76. The Morgan fingerprint density at radius 3 is 2.90 bits per heavy atom. The first-order chi connectivity index (χ1) is 10.1. The molecule has 1 aromatic carbocycles. The van der Waals surface area contributed by atoms with Crippen molar-refractivity contribution in [3.05, 3.63) is 29.3 Å². The number of hydrogen-bond acceptors (Lipinski definition) is 5. The first-order valence-electron chi connectivity index (χ1n) is 6.63. The van der Waals surface area contributed by atoms with Crippen molar-refractivity contribution in [1.29, 1.82) is 5.26 Å². The summed E-state index contributed by atoms with van der Waals surface area (Å²) in [4.78, 5) is 11.9. The number of benzene rings is 1. The summed E-state index contributed by atoms with van der Waals surface area (Å²) < 4.78 is 5.39. The van der Waals surface area contributed by atoms with E-state index in [1.807, 2.05) is 6.07 Å². The van der Waals surface area contributed by atoms with Crippen LogP contribution in [0.1, 0.15) is 18.4 Å². The molecule has 6 nitrogen and oxygen atoms in total. The SMILES string of the molecule is N#C/C(=C\c1ccc(O)c(O)c1)C(=O)NCC1CCCO1. The fraction of sp³-hybridized carbons (Fsp3) is 0.333. The van der Waals surface area contributed by atoms with E-state index >= 15 is 0 Å². The lowest BCUT2D eigenvalue weighted by Crippen LogP contribution is -2.32. The van der Waals surface area contributed by atoms with Crippen LogP contribution in [-0.4, -0.2) is 35.4 Å². The highest BCUT2D eigenvalue weighted by Gasteiger charge is 2.17. The predicted molar refractivity (Wildman–Crippen MR) is 75.3 cm³/mol. The van der Waals surface area contributed by atoms with Gasteiger partial charge in [-0.3, -0.25) is 4.79 Å². The summed E-state index contributed by atoms with van der Waals surface area (Å²) in [6, 6.07) is 5.89. The highest BCUT2D eigenvalue weighted by molar-refractivity contribution is 6.01. The van der Waals surface area contributed by atoms with Gasteiger partial charge in [-0.1, -0.05) is 6.07 Å². The number of carbonyl (C=O) groups is 1. The number of ether oxygens (including phenoxy) is 1. The molecule has 1 amide bonds. The highest BCUT2D eigenvalue weighted by atomic mass is 16.5. The quantitative estimate of drug-likeness (QED) is 0.440. The lowest BCUT2D eigenvalue weighted by atomic mass is 10.1. The second kappa shape index (κ2) is 6.77. The van der Waals surface area contributed by atoms with Gasteiger partial charge in [0.2, 0.25) is 0 Å². The van der Waals surface area contributed by atoms with Crippen LogP contribution >= 0.6 is 0 Å². The smallest absolute Gasteiger partial charge is 0.262 e. The topological polar surface area (TPSA) is 103 Å². The minimum atomic E-state index is -0.486. The van der Waals surface area contributed by atoms with E-state index in [4.69, 9.17) is 10.00 Å². The fourth-order valence-corrected chi connectivity index (χ4v) is 2.05. The van der Waals surface area contributed by atoms with Gasteiger partial charge in [0.15, 0.2) is 11.5 Å². The van der Waals surface area contributed by atoms with Gasteiger partial charge in [0, 0.05) is 13.2 Å². The number of amides is 1. The minimum absolute atomic E-state index is 0.00612.